The lowest BCUT2D eigenvalue weighted by Gasteiger charge is -2.22. The number of carbonyl (C=O) groups is 1. The van der Waals surface area contributed by atoms with Crippen molar-refractivity contribution >= 4 is 16.0 Å². The van der Waals surface area contributed by atoms with Crippen molar-refractivity contribution in [2.45, 2.75) is 42.5 Å². The highest BCUT2D eigenvalue weighted by Gasteiger charge is 2.28. The third-order valence-electron chi connectivity index (χ3n) is 4.20. The second kappa shape index (κ2) is 5.85. The molecule has 3 rings (SSSR count). The summed E-state index contributed by atoms with van der Waals surface area (Å²) in [6, 6.07) is 6.55. The van der Waals surface area contributed by atoms with E-state index in [2.05, 4.69) is 4.72 Å². The molecule has 6 heteroatoms. The Kier molecular flexibility index (Phi) is 4.06. The SMILES string of the molecule is O=C(O)[C@@H]1CC=C[C@@H](NS(=O)(=O)c2cccc(C3CC3)c2)C1. The molecular weight excluding hydrogens is 302 g/mol. The minimum Gasteiger partial charge on any atom is -0.481 e. The summed E-state index contributed by atoms with van der Waals surface area (Å²) in [6.07, 6.45) is 6.43. The van der Waals surface area contributed by atoms with E-state index in [1.54, 1.807) is 30.4 Å². The van der Waals surface area contributed by atoms with Crippen LogP contribution in [0.2, 0.25) is 0 Å². The molecule has 0 radical (unpaired) electrons. The Morgan fingerprint density at radius 3 is 2.73 bits per heavy atom. The fourth-order valence-electron chi connectivity index (χ4n) is 2.80. The number of allylic oxidation sites excluding steroid dienone is 1. The van der Waals surface area contributed by atoms with Gasteiger partial charge >= 0.3 is 5.97 Å². The number of carboxylic acids is 1. The van der Waals surface area contributed by atoms with E-state index < -0.39 is 28.0 Å². The van der Waals surface area contributed by atoms with Gasteiger partial charge in [0.1, 0.15) is 0 Å². The Labute approximate surface area is 130 Å². The maximum absolute atomic E-state index is 12.5. The third-order valence-corrected chi connectivity index (χ3v) is 5.69. The van der Waals surface area contributed by atoms with Gasteiger partial charge in [0.05, 0.1) is 10.8 Å². The van der Waals surface area contributed by atoms with E-state index in [1.807, 2.05) is 6.07 Å². The number of hydrogen-bond acceptors (Lipinski definition) is 3. The topological polar surface area (TPSA) is 83.5 Å². The van der Waals surface area contributed by atoms with Crippen LogP contribution in [0, 0.1) is 5.92 Å². The zero-order chi connectivity index (χ0) is 15.7. The molecule has 0 saturated heterocycles. The fraction of sp³-hybridized carbons (Fsp3) is 0.438. The molecule has 0 amide bonds. The average molecular weight is 321 g/mol. The minimum absolute atomic E-state index is 0.253. The Morgan fingerprint density at radius 1 is 1.27 bits per heavy atom. The van der Waals surface area contributed by atoms with Crippen molar-refractivity contribution < 1.29 is 18.3 Å². The molecule has 118 valence electrons. The minimum atomic E-state index is -3.63. The van der Waals surface area contributed by atoms with Gasteiger partial charge in [-0.25, -0.2) is 13.1 Å². The zero-order valence-electron chi connectivity index (χ0n) is 12.1. The highest BCUT2D eigenvalue weighted by atomic mass is 32.2. The average Bonchev–Trinajstić information content (AvgIpc) is 3.32. The van der Waals surface area contributed by atoms with Gasteiger partial charge < -0.3 is 5.11 Å². The number of hydrogen-bond donors (Lipinski definition) is 2. The van der Waals surface area contributed by atoms with Crippen molar-refractivity contribution in [3.63, 3.8) is 0 Å². The van der Waals surface area contributed by atoms with E-state index in [0.717, 1.165) is 18.4 Å². The van der Waals surface area contributed by atoms with Crippen LogP contribution in [-0.2, 0) is 14.8 Å². The van der Waals surface area contributed by atoms with Crippen molar-refractivity contribution in [1.82, 2.24) is 4.72 Å². The predicted molar refractivity (Wildman–Crippen MR) is 82.0 cm³/mol. The molecular formula is C16H19NO4S. The second-order valence-corrected chi connectivity index (χ2v) is 7.72. The van der Waals surface area contributed by atoms with Gasteiger partial charge in [0.15, 0.2) is 0 Å². The van der Waals surface area contributed by atoms with Gasteiger partial charge in [-0.2, -0.15) is 0 Å². The summed E-state index contributed by atoms with van der Waals surface area (Å²) in [5.74, 6) is -0.930. The standard InChI is InChI=1S/C16H19NO4S/c18-16(19)13-4-1-5-14(9-13)17-22(20,21)15-6-2-3-12(10-15)11-7-8-11/h1-3,5-6,10-11,13-14,17H,4,7-9H2,(H,18,19)/t13-,14-/m1/s1. The summed E-state index contributed by atoms with van der Waals surface area (Å²) in [5.41, 5.74) is 1.06. The maximum Gasteiger partial charge on any atom is 0.306 e. The molecule has 0 spiro atoms. The lowest BCUT2D eigenvalue weighted by Crippen LogP contribution is -2.37. The van der Waals surface area contributed by atoms with Crippen molar-refractivity contribution in [2.75, 3.05) is 0 Å². The first-order valence-electron chi connectivity index (χ1n) is 7.47. The Hall–Kier alpha value is -1.66. The van der Waals surface area contributed by atoms with E-state index in [0.29, 0.717) is 12.3 Å². The van der Waals surface area contributed by atoms with Crippen LogP contribution in [0.25, 0.3) is 0 Å². The lowest BCUT2D eigenvalue weighted by atomic mass is 9.92. The molecule has 0 unspecified atom stereocenters. The molecule has 22 heavy (non-hydrogen) atoms. The molecule has 2 N–H and O–H groups in total. The Morgan fingerprint density at radius 2 is 2.05 bits per heavy atom. The van der Waals surface area contributed by atoms with Crippen LogP contribution in [0.5, 0.6) is 0 Å². The largest absolute Gasteiger partial charge is 0.481 e. The van der Waals surface area contributed by atoms with E-state index in [1.165, 1.54) is 0 Å². The summed E-state index contributed by atoms with van der Waals surface area (Å²) in [5, 5.41) is 9.06. The van der Waals surface area contributed by atoms with Gasteiger partial charge in [0.25, 0.3) is 0 Å². The fourth-order valence-corrected chi connectivity index (χ4v) is 4.06. The Balaban J connectivity index is 1.76. The number of sulfonamides is 1. The quantitative estimate of drug-likeness (QED) is 0.815. The van der Waals surface area contributed by atoms with Gasteiger partial charge in [-0.15, -0.1) is 0 Å². The van der Waals surface area contributed by atoms with Crippen molar-refractivity contribution in [3.05, 3.63) is 42.0 Å². The molecule has 0 aliphatic heterocycles. The molecule has 0 heterocycles. The molecule has 1 aromatic rings. The summed E-state index contributed by atoms with van der Waals surface area (Å²) < 4.78 is 27.6. The van der Waals surface area contributed by atoms with Crippen LogP contribution in [-0.4, -0.2) is 25.5 Å². The van der Waals surface area contributed by atoms with Crippen LogP contribution in [0.3, 0.4) is 0 Å². The second-order valence-electron chi connectivity index (χ2n) is 6.01. The smallest absolute Gasteiger partial charge is 0.306 e. The molecule has 1 aromatic carbocycles. The van der Waals surface area contributed by atoms with Crippen LogP contribution in [0.15, 0.2) is 41.3 Å². The normalized spacial score (nSPS) is 25.1. The highest BCUT2D eigenvalue weighted by Crippen LogP contribution is 2.40. The summed E-state index contributed by atoms with van der Waals surface area (Å²) >= 11 is 0. The summed E-state index contributed by atoms with van der Waals surface area (Å²) in [4.78, 5) is 11.3. The molecule has 2 aliphatic rings. The number of rotatable bonds is 5. The van der Waals surface area contributed by atoms with Crippen LogP contribution >= 0.6 is 0 Å². The first kappa shape index (κ1) is 15.2. The number of nitrogens with one attached hydrogen (secondary N) is 1. The number of carboxylic acid groups (broad SMARTS) is 1. The van der Waals surface area contributed by atoms with E-state index in [-0.39, 0.29) is 11.3 Å². The van der Waals surface area contributed by atoms with Gasteiger partial charge in [-0.3, -0.25) is 4.79 Å². The van der Waals surface area contributed by atoms with Gasteiger partial charge in [0, 0.05) is 6.04 Å². The van der Waals surface area contributed by atoms with E-state index in [4.69, 9.17) is 5.11 Å². The van der Waals surface area contributed by atoms with E-state index >= 15 is 0 Å². The number of benzene rings is 1. The third kappa shape index (κ3) is 3.39. The molecule has 0 aromatic heterocycles. The van der Waals surface area contributed by atoms with Crippen molar-refractivity contribution in [3.8, 4) is 0 Å². The number of aliphatic carboxylic acids is 1. The van der Waals surface area contributed by atoms with Crippen LogP contribution in [0.4, 0.5) is 0 Å². The van der Waals surface area contributed by atoms with Crippen molar-refractivity contribution in [1.29, 1.82) is 0 Å². The molecule has 2 atom stereocenters. The van der Waals surface area contributed by atoms with E-state index in [9.17, 15) is 13.2 Å². The molecule has 0 bridgehead atoms. The molecule has 1 fully saturated rings. The molecule has 2 aliphatic carbocycles. The monoisotopic (exact) mass is 321 g/mol. The molecule has 1 saturated carbocycles. The summed E-state index contributed by atoms with van der Waals surface area (Å²) in [6.45, 7) is 0. The summed E-state index contributed by atoms with van der Waals surface area (Å²) in [7, 11) is -3.63. The highest BCUT2D eigenvalue weighted by molar-refractivity contribution is 7.89. The van der Waals surface area contributed by atoms with Gasteiger partial charge in [0.2, 0.25) is 10.0 Å². The Bertz CT molecular complexity index is 707. The maximum atomic E-state index is 12.5. The first-order chi connectivity index (χ1) is 10.5. The van der Waals surface area contributed by atoms with Crippen molar-refractivity contribution in [2.24, 2.45) is 5.92 Å². The van der Waals surface area contributed by atoms with Crippen LogP contribution in [0.1, 0.15) is 37.2 Å². The van der Waals surface area contributed by atoms with Crippen LogP contribution < -0.4 is 4.72 Å². The predicted octanol–water partition coefficient (Wildman–Crippen LogP) is 2.26. The van der Waals surface area contributed by atoms with Gasteiger partial charge in [-0.05, 0) is 49.3 Å². The zero-order valence-corrected chi connectivity index (χ0v) is 12.9. The lowest BCUT2D eigenvalue weighted by molar-refractivity contribution is -0.142. The molecule has 5 nitrogen and oxygen atoms in total. The first-order valence-corrected chi connectivity index (χ1v) is 8.96. The van der Waals surface area contributed by atoms with Gasteiger partial charge in [-0.1, -0.05) is 24.3 Å².